The normalized spacial score (nSPS) is 20.8. The molecule has 6 nitrogen and oxygen atoms in total. The molecule has 1 atom stereocenters. The molecule has 0 radical (unpaired) electrons. The number of nitrogens with zero attached hydrogens (tertiary/aromatic N) is 1. The zero-order valence-corrected chi connectivity index (χ0v) is 12.4. The Morgan fingerprint density at radius 1 is 1.36 bits per heavy atom. The number of amides is 3. The van der Waals surface area contributed by atoms with Gasteiger partial charge < -0.3 is 20.6 Å². The second-order valence-corrected chi connectivity index (χ2v) is 5.64. The lowest BCUT2D eigenvalue weighted by atomic mass is 9.95. The van der Waals surface area contributed by atoms with E-state index in [1.54, 1.807) is 4.90 Å². The summed E-state index contributed by atoms with van der Waals surface area (Å²) in [4.78, 5) is 26.2. The van der Waals surface area contributed by atoms with Gasteiger partial charge in [-0.15, -0.1) is 0 Å². The molecular weight excluding hydrogens is 282 g/mol. The lowest BCUT2D eigenvalue weighted by molar-refractivity contribution is -0.125. The third-order valence-corrected chi connectivity index (χ3v) is 3.98. The topological polar surface area (TPSA) is 81.7 Å². The number of hydrogen-bond acceptors (Lipinski definition) is 3. The van der Waals surface area contributed by atoms with Gasteiger partial charge >= 0.3 is 6.03 Å². The van der Waals surface area contributed by atoms with Crippen molar-refractivity contribution in [1.29, 1.82) is 0 Å². The first kappa shape index (κ1) is 14.6. The van der Waals surface area contributed by atoms with Crippen LogP contribution < -0.4 is 10.6 Å². The van der Waals surface area contributed by atoms with E-state index in [4.69, 9.17) is 5.11 Å². The lowest BCUT2D eigenvalue weighted by Crippen LogP contribution is -2.44. The van der Waals surface area contributed by atoms with Crippen molar-refractivity contribution in [3.63, 3.8) is 0 Å². The Morgan fingerprint density at radius 3 is 2.91 bits per heavy atom. The van der Waals surface area contributed by atoms with Crippen molar-refractivity contribution in [1.82, 2.24) is 15.5 Å². The summed E-state index contributed by atoms with van der Waals surface area (Å²) in [6.07, 6.45) is 0.531. The van der Waals surface area contributed by atoms with Crippen LogP contribution in [0.15, 0.2) is 35.5 Å². The quantitative estimate of drug-likeness (QED) is 0.770. The molecule has 2 heterocycles. The minimum atomic E-state index is -0.421. The number of rotatable bonds is 4. The minimum Gasteiger partial charge on any atom is -0.396 e. The molecular formula is C16H19N3O3. The van der Waals surface area contributed by atoms with Gasteiger partial charge in [-0.2, -0.15) is 0 Å². The van der Waals surface area contributed by atoms with Crippen LogP contribution in [0.25, 0.3) is 0 Å². The molecule has 0 bridgehead atoms. The largest absolute Gasteiger partial charge is 0.396 e. The van der Waals surface area contributed by atoms with Crippen LogP contribution >= 0.6 is 0 Å². The summed E-state index contributed by atoms with van der Waals surface area (Å²) >= 11 is 0. The zero-order chi connectivity index (χ0) is 15.7. The summed E-state index contributed by atoms with van der Waals surface area (Å²) in [5.74, 6) is -0.0811. The van der Waals surface area contributed by atoms with E-state index in [2.05, 4.69) is 10.6 Å². The Kier molecular flexibility index (Phi) is 3.85. The van der Waals surface area contributed by atoms with E-state index in [-0.39, 0.29) is 18.5 Å². The number of benzene rings is 1. The number of carbonyl (C=O) groups is 2. The summed E-state index contributed by atoms with van der Waals surface area (Å²) < 4.78 is 0. The number of aliphatic hydroxyl groups excluding tert-OH is 1. The predicted octanol–water partition coefficient (Wildman–Crippen LogP) is 0.828. The van der Waals surface area contributed by atoms with Crippen molar-refractivity contribution in [2.75, 3.05) is 19.7 Å². The maximum atomic E-state index is 12.6. The van der Waals surface area contributed by atoms with Crippen LogP contribution in [0.2, 0.25) is 0 Å². The number of aryl methyl sites for hydroxylation is 1. The van der Waals surface area contributed by atoms with Gasteiger partial charge in [0.1, 0.15) is 0 Å². The monoisotopic (exact) mass is 301 g/mol. The van der Waals surface area contributed by atoms with Crippen LogP contribution in [0.5, 0.6) is 0 Å². The van der Waals surface area contributed by atoms with Crippen molar-refractivity contribution in [3.05, 3.63) is 46.7 Å². The molecule has 3 amide bonds. The van der Waals surface area contributed by atoms with Crippen LogP contribution in [-0.4, -0.2) is 41.6 Å². The first-order chi connectivity index (χ1) is 10.6. The predicted molar refractivity (Wildman–Crippen MR) is 80.9 cm³/mol. The Hall–Kier alpha value is -2.34. The van der Waals surface area contributed by atoms with E-state index >= 15 is 0 Å². The van der Waals surface area contributed by atoms with E-state index in [0.717, 1.165) is 11.1 Å². The van der Waals surface area contributed by atoms with Crippen LogP contribution in [0.1, 0.15) is 23.6 Å². The number of aliphatic hydroxyl groups is 1. The van der Waals surface area contributed by atoms with Gasteiger partial charge in [0.05, 0.1) is 23.9 Å². The van der Waals surface area contributed by atoms with Gasteiger partial charge in [-0.1, -0.05) is 29.8 Å². The molecule has 2 aliphatic heterocycles. The average molecular weight is 301 g/mol. The third kappa shape index (κ3) is 2.57. The van der Waals surface area contributed by atoms with E-state index in [0.29, 0.717) is 30.8 Å². The highest BCUT2D eigenvalue weighted by molar-refractivity contribution is 6.01. The maximum absolute atomic E-state index is 12.6. The highest BCUT2D eigenvalue weighted by atomic mass is 16.3. The highest BCUT2D eigenvalue weighted by Gasteiger charge is 2.39. The van der Waals surface area contributed by atoms with Crippen LogP contribution in [0.3, 0.4) is 0 Å². The molecule has 0 unspecified atom stereocenters. The summed E-state index contributed by atoms with van der Waals surface area (Å²) in [6.45, 7) is 2.90. The Balaban J connectivity index is 1.92. The van der Waals surface area contributed by atoms with E-state index < -0.39 is 6.04 Å². The van der Waals surface area contributed by atoms with Crippen molar-refractivity contribution in [2.24, 2.45) is 0 Å². The second kappa shape index (κ2) is 5.81. The van der Waals surface area contributed by atoms with Gasteiger partial charge in [-0.05, 0) is 18.9 Å². The number of carbonyl (C=O) groups excluding carboxylic acids is 2. The van der Waals surface area contributed by atoms with Crippen molar-refractivity contribution in [3.8, 4) is 0 Å². The summed E-state index contributed by atoms with van der Waals surface area (Å²) in [5.41, 5.74) is 3.25. The fraction of sp³-hybridized carbons (Fsp3) is 0.375. The second-order valence-electron chi connectivity index (χ2n) is 5.64. The molecule has 1 aromatic rings. The summed E-state index contributed by atoms with van der Waals surface area (Å²) in [5, 5.41) is 14.5. The molecule has 0 saturated heterocycles. The molecule has 0 aliphatic carbocycles. The lowest BCUT2D eigenvalue weighted by Gasteiger charge is -2.25. The number of hydrogen-bond donors (Lipinski definition) is 3. The first-order valence-corrected chi connectivity index (χ1v) is 7.37. The SMILES string of the molecule is Cc1cccc([C@H]2NC(=O)NC3=C2C(=O)N(CCCO)C3)c1. The average Bonchev–Trinajstić information content (AvgIpc) is 2.80. The molecule has 0 saturated carbocycles. The van der Waals surface area contributed by atoms with Gasteiger partial charge in [0.25, 0.3) is 5.91 Å². The van der Waals surface area contributed by atoms with Gasteiger partial charge in [0, 0.05) is 13.2 Å². The van der Waals surface area contributed by atoms with Crippen LogP contribution in [0, 0.1) is 6.92 Å². The highest BCUT2D eigenvalue weighted by Crippen LogP contribution is 2.32. The van der Waals surface area contributed by atoms with Crippen LogP contribution in [0.4, 0.5) is 4.79 Å². The van der Waals surface area contributed by atoms with E-state index in [1.807, 2.05) is 31.2 Å². The van der Waals surface area contributed by atoms with Gasteiger partial charge in [-0.3, -0.25) is 4.79 Å². The number of urea groups is 1. The third-order valence-electron chi connectivity index (χ3n) is 3.98. The standard InChI is InChI=1S/C16H19N3O3/c1-10-4-2-5-11(8-10)14-13-12(17-16(22)18-14)9-19(15(13)21)6-3-7-20/h2,4-5,8,14,20H,3,6-7,9H2,1H3,(H2,17,18,22)/t14-/m1/s1. The molecule has 0 aromatic heterocycles. The van der Waals surface area contributed by atoms with E-state index in [1.165, 1.54) is 0 Å². The molecule has 116 valence electrons. The Morgan fingerprint density at radius 2 is 2.18 bits per heavy atom. The van der Waals surface area contributed by atoms with Gasteiger partial charge in [-0.25, -0.2) is 4.79 Å². The minimum absolute atomic E-state index is 0.0420. The van der Waals surface area contributed by atoms with Crippen molar-refractivity contribution < 1.29 is 14.7 Å². The summed E-state index contributed by atoms with van der Waals surface area (Å²) in [7, 11) is 0. The van der Waals surface area contributed by atoms with Gasteiger partial charge in [0.15, 0.2) is 0 Å². The van der Waals surface area contributed by atoms with E-state index in [9.17, 15) is 9.59 Å². The molecule has 22 heavy (non-hydrogen) atoms. The molecule has 6 heteroatoms. The Bertz CT molecular complexity index is 654. The molecule has 3 N–H and O–H groups in total. The molecule has 0 spiro atoms. The molecule has 2 aliphatic rings. The Labute approximate surface area is 128 Å². The first-order valence-electron chi connectivity index (χ1n) is 7.37. The maximum Gasteiger partial charge on any atom is 0.319 e. The van der Waals surface area contributed by atoms with Gasteiger partial charge in [0.2, 0.25) is 0 Å². The molecule has 3 rings (SSSR count). The van der Waals surface area contributed by atoms with Crippen LogP contribution in [-0.2, 0) is 4.79 Å². The summed E-state index contributed by atoms with van der Waals surface area (Å²) in [6, 6.07) is 7.08. The van der Waals surface area contributed by atoms with Crippen molar-refractivity contribution in [2.45, 2.75) is 19.4 Å². The smallest absolute Gasteiger partial charge is 0.319 e. The molecule has 1 aromatic carbocycles. The molecule has 0 fully saturated rings. The fourth-order valence-electron chi connectivity index (χ4n) is 2.97. The zero-order valence-electron chi connectivity index (χ0n) is 12.4. The fourth-order valence-corrected chi connectivity index (χ4v) is 2.97. The van der Waals surface area contributed by atoms with Crippen molar-refractivity contribution >= 4 is 11.9 Å². The number of nitrogens with one attached hydrogen (secondary N) is 2.